The van der Waals surface area contributed by atoms with E-state index in [1.54, 1.807) is 0 Å². The Labute approximate surface area is 194 Å². The first-order valence-electron chi connectivity index (χ1n) is 10.4. The lowest BCUT2D eigenvalue weighted by Gasteiger charge is -2.09. The highest BCUT2D eigenvalue weighted by Gasteiger charge is 2.29. The van der Waals surface area contributed by atoms with E-state index in [-0.39, 0.29) is 12.4 Å². The average molecular weight is 465 g/mol. The second-order valence-electron chi connectivity index (χ2n) is 7.72. The Morgan fingerprint density at radius 2 is 2.06 bits per heavy atom. The zero-order chi connectivity index (χ0) is 22.2. The van der Waals surface area contributed by atoms with Gasteiger partial charge in [0.15, 0.2) is 0 Å². The standard InChI is InChI=1S/C24H21ClN4O2S/c1-14-10-11-15(13-26-14)22-16-6-5-8-18-24(32-20(27-18)12-21(30)31-2)23(16)29(28-22)19-9-4-3-7-17(19)25/h3-4,7,9-11,13H,5-6,8,12H2,1-2H3. The Bertz CT molecular complexity index is 1310. The lowest BCUT2D eigenvalue weighted by atomic mass is 10.0. The zero-order valence-electron chi connectivity index (χ0n) is 17.8. The van der Waals surface area contributed by atoms with E-state index in [2.05, 4.69) is 11.1 Å². The molecule has 3 aromatic heterocycles. The van der Waals surface area contributed by atoms with Crippen molar-refractivity contribution in [3.8, 4) is 27.5 Å². The quantitative estimate of drug-likeness (QED) is 0.387. The Hall–Kier alpha value is -3.03. The van der Waals surface area contributed by atoms with E-state index in [0.717, 1.165) is 68.7 Å². The number of hydrogen-bond donors (Lipinski definition) is 0. The maximum Gasteiger partial charge on any atom is 0.312 e. The molecule has 162 valence electrons. The van der Waals surface area contributed by atoms with Crippen LogP contribution in [0.4, 0.5) is 0 Å². The van der Waals surface area contributed by atoms with Crippen LogP contribution in [0.2, 0.25) is 5.02 Å². The maximum absolute atomic E-state index is 11.9. The normalized spacial score (nSPS) is 12.7. The van der Waals surface area contributed by atoms with E-state index in [4.69, 9.17) is 26.4 Å². The van der Waals surface area contributed by atoms with Gasteiger partial charge in [-0.15, -0.1) is 11.3 Å². The number of aromatic nitrogens is 4. The number of para-hydroxylation sites is 1. The molecule has 0 N–H and O–H groups in total. The summed E-state index contributed by atoms with van der Waals surface area (Å²) in [6, 6.07) is 11.8. The van der Waals surface area contributed by atoms with Gasteiger partial charge in [0.25, 0.3) is 0 Å². The number of ether oxygens (including phenoxy) is 1. The van der Waals surface area contributed by atoms with Gasteiger partial charge in [-0.2, -0.15) is 5.10 Å². The molecule has 0 atom stereocenters. The average Bonchev–Trinajstić information content (AvgIpc) is 3.31. The number of esters is 1. The molecule has 0 fully saturated rings. The third-order valence-electron chi connectivity index (χ3n) is 5.57. The fraction of sp³-hybridized carbons (Fsp3) is 0.250. The molecule has 1 aliphatic rings. The van der Waals surface area contributed by atoms with Crippen LogP contribution in [0.25, 0.3) is 27.5 Å². The molecule has 0 bridgehead atoms. The van der Waals surface area contributed by atoms with Gasteiger partial charge in [0.2, 0.25) is 0 Å². The second kappa shape index (κ2) is 8.48. The van der Waals surface area contributed by atoms with Crippen molar-refractivity contribution in [2.45, 2.75) is 32.6 Å². The van der Waals surface area contributed by atoms with E-state index in [0.29, 0.717) is 5.02 Å². The third-order valence-corrected chi connectivity index (χ3v) is 6.99. The molecular formula is C24H21ClN4O2S. The van der Waals surface area contributed by atoms with E-state index in [1.807, 2.05) is 48.1 Å². The molecule has 0 unspecified atom stereocenters. The summed E-state index contributed by atoms with van der Waals surface area (Å²) in [5.41, 5.74) is 6.80. The summed E-state index contributed by atoms with van der Waals surface area (Å²) in [5.74, 6) is -0.292. The van der Waals surface area contributed by atoms with Gasteiger partial charge < -0.3 is 4.74 Å². The molecule has 0 spiro atoms. The number of pyridine rings is 1. The lowest BCUT2D eigenvalue weighted by molar-refractivity contribution is -0.139. The first kappa shape index (κ1) is 20.8. The van der Waals surface area contributed by atoms with Crippen LogP contribution in [0.1, 0.15) is 28.4 Å². The number of carbonyl (C=O) groups is 1. The number of rotatable bonds is 4. The molecule has 3 heterocycles. The van der Waals surface area contributed by atoms with Gasteiger partial charge in [0.05, 0.1) is 46.2 Å². The van der Waals surface area contributed by atoms with Gasteiger partial charge in [-0.3, -0.25) is 9.78 Å². The van der Waals surface area contributed by atoms with E-state index in [9.17, 15) is 4.79 Å². The van der Waals surface area contributed by atoms with Crippen LogP contribution in [0, 0.1) is 6.92 Å². The summed E-state index contributed by atoms with van der Waals surface area (Å²) in [5, 5.41) is 6.40. The largest absolute Gasteiger partial charge is 0.469 e. The van der Waals surface area contributed by atoms with E-state index in [1.165, 1.54) is 18.4 Å². The molecule has 0 saturated carbocycles. The zero-order valence-corrected chi connectivity index (χ0v) is 19.3. The number of carbonyl (C=O) groups excluding carboxylic acids is 1. The van der Waals surface area contributed by atoms with Gasteiger partial charge in [0.1, 0.15) is 5.01 Å². The Balaban J connectivity index is 1.75. The summed E-state index contributed by atoms with van der Waals surface area (Å²) in [7, 11) is 1.40. The summed E-state index contributed by atoms with van der Waals surface area (Å²) in [6.45, 7) is 1.97. The molecule has 0 amide bonds. The van der Waals surface area contributed by atoms with Crippen LogP contribution in [-0.4, -0.2) is 32.8 Å². The second-order valence-corrected chi connectivity index (χ2v) is 9.21. The SMILES string of the molecule is COC(=O)Cc1nc2c(s1)-c1c(c(-c3ccc(C)nc3)nn1-c1ccccc1Cl)CCC2. The molecule has 4 aromatic rings. The number of methoxy groups -OCH3 is 1. The van der Waals surface area contributed by atoms with Crippen molar-refractivity contribution in [3.63, 3.8) is 0 Å². The molecule has 5 rings (SSSR count). The minimum atomic E-state index is -0.292. The van der Waals surface area contributed by atoms with Gasteiger partial charge in [0, 0.05) is 23.0 Å². The summed E-state index contributed by atoms with van der Waals surface area (Å²) >= 11 is 8.12. The van der Waals surface area contributed by atoms with E-state index >= 15 is 0 Å². The molecule has 0 aliphatic heterocycles. The third kappa shape index (κ3) is 3.72. The Morgan fingerprint density at radius 1 is 1.22 bits per heavy atom. The first-order valence-corrected chi connectivity index (χ1v) is 11.6. The number of nitrogens with zero attached hydrogens (tertiary/aromatic N) is 4. The van der Waals surface area contributed by atoms with Crippen molar-refractivity contribution in [1.29, 1.82) is 0 Å². The molecule has 0 saturated heterocycles. The van der Waals surface area contributed by atoms with Crippen LogP contribution >= 0.6 is 22.9 Å². The molecule has 0 radical (unpaired) electrons. The van der Waals surface area contributed by atoms with Gasteiger partial charge in [-0.25, -0.2) is 9.67 Å². The monoisotopic (exact) mass is 464 g/mol. The summed E-state index contributed by atoms with van der Waals surface area (Å²) in [6.07, 6.45) is 4.70. The van der Waals surface area contributed by atoms with Gasteiger partial charge in [-0.05, 0) is 50.5 Å². The minimum absolute atomic E-state index is 0.165. The minimum Gasteiger partial charge on any atom is -0.469 e. The predicted octanol–water partition coefficient (Wildman–Crippen LogP) is 5.22. The Morgan fingerprint density at radius 3 is 2.81 bits per heavy atom. The molecule has 1 aliphatic carbocycles. The molecule has 6 nitrogen and oxygen atoms in total. The van der Waals surface area contributed by atoms with Crippen molar-refractivity contribution in [1.82, 2.24) is 19.7 Å². The van der Waals surface area contributed by atoms with Crippen molar-refractivity contribution in [2.75, 3.05) is 7.11 Å². The Kier molecular flexibility index (Phi) is 5.53. The lowest BCUT2D eigenvalue weighted by Crippen LogP contribution is -2.04. The molecule has 32 heavy (non-hydrogen) atoms. The van der Waals surface area contributed by atoms with Crippen LogP contribution < -0.4 is 0 Å². The first-order chi connectivity index (χ1) is 15.5. The topological polar surface area (TPSA) is 69.9 Å². The van der Waals surface area contributed by atoms with Crippen molar-refractivity contribution < 1.29 is 9.53 Å². The highest BCUT2D eigenvalue weighted by molar-refractivity contribution is 7.15. The van der Waals surface area contributed by atoms with Gasteiger partial charge in [-0.1, -0.05) is 23.7 Å². The number of thiazole rings is 1. The van der Waals surface area contributed by atoms with E-state index < -0.39 is 0 Å². The molecule has 1 aromatic carbocycles. The van der Waals surface area contributed by atoms with Crippen LogP contribution in [0.5, 0.6) is 0 Å². The predicted molar refractivity (Wildman–Crippen MR) is 125 cm³/mol. The maximum atomic E-state index is 11.9. The molecular weight excluding hydrogens is 444 g/mol. The highest BCUT2D eigenvalue weighted by atomic mass is 35.5. The van der Waals surface area contributed by atoms with Gasteiger partial charge >= 0.3 is 5.97 Å². The number of aryl methyl sites for hydroxylation is 2. The van der Waals surface area contributed by atoms with Crippen molar-refractivity contribution >= 4 is 28.9 Å². The van der Waals surface area contributed by atoms with Crippen LogP contribution in [-0.2, 0) is 28.8 Å². The summed E-state index contributed by atoms with van der Waals surface area (Å²) in [4.78, 5) is 22.2. The number of halogens is 1. The smallest absolute Gasteiger partial charge is 0.312 e. The number of fused-ring (bicyclic) bond motifs is 3. The van der Waals surface area contributed by atoms with Crippen molar-refractivity contribution in [2.24, 2.45) is 0 Å². The fourth-order valence-electron chi connectivity index (χ4n) is 4.02. The fourth-order valence-corrected chi connectivity index (χ4v) is 5.39. The summed E-state index contributed by atoms with van der Waals surface area (Å²) < 4.78 is 6.77. The highest BCUT2D eigenvalue weighted by Crippen LogP contribution is 2.42. The molecule has 8 heteroatoms. The number of hydrogen-bond acceptors (Lipinski definition) is 6. The van der Waals surface area contributed by atoms with Crippen molar-refractivity contribution in [3.05, 3.63) is 69.6 Å². The van der Waals surface area contributed by atoms with Crippen LogP contribution in [0.3, 0.4) is 0 Å². The number of benzene rings is 1. The van der Waals surface area contributed by atoms with Crippen LogP contribution in [0.15, 0.2) is 42.6 Å².